The van der Waals surface area contributed by atoms with E-state index in [9.17, 15) is 24.2 Å². The third kappa shape index (κ3) is 3.46. The van der Waals surface area contributed by atoms with Gasteiger partial charge in [0, 0.05) is 11.1 Å². The molecule has 3 unspecified atom stereocenters. The lowest BCUT2D eigenvalue weighted by molar-refractivity contribution is -0.124. The lowest BCUT2D eigenvalue weighted by Crippen LogP contribution is -2.43. The molecule has 25 heavy (non-hydrogen) atoms. The van der Waals surface area contributed by atoms with Crippen LogP contribution in [0.2, 0.25) is 0 Å². The largest absolute Gasteiger partial charge is 0.393 e. The van der Waals surface area contributed by atoms with Crippen molar-refractivity contribution >= 4 is 11.6 Å². The van der Waals surface area contributed by atoms with Crippen molar-refractivity contribution < 1.29 is 24.1 Å². The molecule has 2 rings (SSSR count). The summed E-state index contributed by atoms with van der Waals surface area (Å²) in [6.45, 7) is 1.97. The summed E-state index contributed by atoms with van der Waals surface area (Å²) in [6.07, 6.45) is -4.61. The van der Waals surface area contributed by atoms with Gasteiger partial charge in [-0.2, -0.15) is 4.98 Å². The Hall–Kier alpha value is -2.53. The van der Waals surface area contributed by atoms with Crippen molar-refractivity contribution in [1.82, 2.24) is 9.55 Å². The SMILES string of the molecule is CC(=O)C(C)Nc1ccn(C2O[C@@](CO)(N=[N+]=[N-])C(O)[C@@H]2F)c(=O)n1. The predicted octanol–water partition coefficient (Wildman–Crippen LogP) is -0.141. The van der Waals surface area contributed by atoms with Gasteiger partial charge in [0.25, 0.3) is 0 Å². The molecule has 1 fully saturated rings. The number of aromatic nitrogens is 2. The molecule has 0 radical (unpaired) electrons. The van der Waals surface area contributed by atoms with Crippen LogP contribution in [0.4, 0.5) is 10.2 Å². The van der Waals surface area contributed by atoms with Crippen LogP contribution in [0.5, 0.6) is 0 Å². The fourth-order valence-electron chi connectivity index (χ4n) is 2.29. The van der Waals surface area contributed by atoms with Crippen LogP contribution in [-0.2, 0) is 9.53 Å². The van der Waals surface area contributed by atoms with Crippen molar-refractivity contribution in [2.45, 2.75) is 44.1 Å². The van der Waals surface area contributed by atoms with E-state index in [-0.39, 0.29) is 11.6 Å². The standard InChI is InChI=1S/C13H17FN6O5/c1-6(7(2)22)16-8-3-4-20(12(24)17-8)11-9(14)10(23)13(5-21,25-11)18-19-15/h3-4,6,9-11,21,23H,5H2,1-2H3,(H,16,17,24)/t6?,9-,10?,11?,13+/m0/s1. The second-order valence-corrected chi connectivity index (χ2v) is 5.57. The summed E-state index contributed by atoms with van der Waals surface area (Å²) in [7, 11) is 0. The van der Waals surface area contributed by atoms with Crippen LogP contribution >= 0.6 is 0 Å². The summed E-state index contributed by atoms with van der Waals surface area (Å²) in [4.78, 5) is 29.4. The third-order valence-corrected chi connectivity index (χ3v) is 3.88. The molecule has 1 saturated heterocycles. The lowest BCUT2D eigenvalue weighted by Gasteiger charge is -2.23. The predicted molar refractivity (Wildman–Crippen MR) is 82.3 cm³/mol. The smallest absolute Gasteiger partial charge is 0.351 e. The molecule has 0 aromatic carbocycles. The van der Waals surface area contributed by atoms with Gasteiger partial charge in [-0.3, -0.25) is 9.36 Å². The molecule has 5 atom stereocenters. The molecule has 11 nitrogen and oxygen atoms in total. The van der Waals surface area contributed by atoms with Crippen molar-refractivity contribution in [3.63, 3.8) is 0 Å². The molecule has 136 valence electrons. The zero-order chi connectivity index (χ0) is 18.8. The number of ether oxygens (including phenoxy) is 1. The Morgan fingerprint density at radius 2 is 2.40 bits per heavy atom. The number of anilines is 1. The van der Waals surface area contributed by atoms with Gasteiger partial charge >= 0.3 is 5.69 Å². The van der Waals surface area contributed by atoms with E-state index in [1.54, 1.807) is 6.92 Å². The zero-order valence-corrected chi connectivity index (χ0v) is 13.4. The summed E-state index contributed by atoms with van der Waals surface area (Å²) in [5, 5.41) is 25.0. The Bertz CT molecular complexity index is 766. The van der Waals surface area contributed by atoms with E-state index in [4.69, 9.17) is 10.3 Å². The number of ketones is 1. The lowest BCUT2D eigenvalue weighted by atomic mass is 10.1. The van der Waals surface area contributed by atoms with Gasteiger partial charge in [0.05, 0.1) is 12.6 Å². The van der Waals surface area contributed by atoms with Crippen molar-refractivity contribution in [1.29, 1.82) is 0 Å². The van der Waals surface area contributed by atoms with Crippen LogP contribution < -0.4 is 11.0 Å². The maximum atomic E-state index is 14.4. The van der Waals surface area contributed by atoms with Gasteiger partial charge in [0.15, 0.2) is 18.2 Å². The Morgan fingerprint density at radius 3 is 2.92 bits per heavy atom. The highest BCUT2D eigenvalue weighted by Gasteiger charge is 2.56. The van der Waals surface area contributed by atoms with Crippen LogP contribution in [0.3, 0.4) is 0 Å². The number of Topliss-reactive ketones (excluding diaryl/α,β-unsaturated/α-hetero) is 1. The highest BCUT2D eigenvalue weighted by atomic mass is 19.1. The van der Waals surface area contributed by atoms with Crippen molar-refractivity contribution in [3.8, 4) is 0 Å². The van der Waals surface area contributed by atoms with Gasteiger partial charge < -0.3 is 20.3 Å². The number of nitrogens with one attached hydrogen (secondary N) is 1. The first kappa shape index (κ1) is 18.8. The van der Waals surface area contributed by atoms with E-state index in [2.05, 4.69) is 20.3 Å². The van der Waals surface area contributed by atoms with Crippen LogP contribution in [0.1, 0.15) is 20.1 Å². The number of rotatable bonds is 6. The Balaban J connectivity index is 2.32. The number of hydrogen-bond donors (Lipinski definition) is 3. The number of hydrogen-bond acceptors (Lipinski definition) is 8. The average Bonchev–Trinajstić information content (AvgIpc) is 2.81. The zero-order valence-electron chi connectivity index (χ0n) is 13.4. The van der Waals surface area contributed by atoms with Crippen LogP contribution in [-0.4, -0.2) is 56.2 Å². The molecule has 2 heterocycles. The fourth-order valence-corrected chi connectivity index (χ4v) is 2.29. The molecule has 12 heteroatoms. The van der Waals surface area contributed by atoms with Gasteiger partial charge in [-0.15, -0.1) is 0 Å². The minimum Gasteiger partial charge on any atom is -0.393 e. The number of aliphatic hydroxyl groups excluding tert-OH is 2. The van der Waals surface area contributed by atoms with E-state index in [0.717, 1.165) is 10.8 Å². The van der Waals surface area contributed by atoms with Crippen molar-refractivity contribution in [2.24, 2.45) is 5.11 Å². The Labute approximate surface area is 140 Å². The van der Waals surface area contributed by atoms with Crippen LogP contribution in [0.15, 0.2) is 22.2 Å². The first-order valence-corrected chi connectivity index (χ1v) is 7.29. The molecule has 0 amide bonds. The average molecular weight is 356 g/mol. The highest BCUT2D eigenvalue weighted by Crippen LogP contribution is 2.39. The third-order valence-electron chi connectivity index (χ3n) is 3.88. The van der Waals surface area contributed by atoms with Gasteiger partial charge in [-0.25, -0.2) is 9.18 Å². The highest BCUT2D eigenvalue weighted by molar-refractivity contribution is 5.83. The Kier molecular flexibility index (Phi) is 5.38. The molecular weight excluding hydrogens is 339 g/mol. The maximum Gasteiger partial charge on any atom is 0.351 e. The molecule has 0 bridgehead atoms. The second-order valence-electron chi connectivity index (χ2n) is 5.57. The van der Waals surface area contributed by atoms with Gasteiger partial charge in [0.2, 0.25) is 5.72 Å². The number of aliphatic hydroxyl groups is 2. The molecule has 0 spiro atoms. The minimum atomic E-state index is -2.24. The first-order chi connectivity index (χ1) is 11.8. The first-order valence-electron chi connectivity index (χ1n) is 7.29. The van der Waals surface area contributed by atoms with Gasteiger partial charge in [-0.05, 0) is 25.4 Å². The van der Waals surface area contributed by atoms with Crippen molar-refractivity contribution in [3.05, 3.63) is 33.2 Å². The van der Waals surface area contributed by atoms with E-state index in [1.807, 2.05) is 0 Å². The molecule has 1 aromatic rings. The summed E-state index contributed by atoms with van der Waals surface area (Å²) in [5.41, 5.74) is 5.36. The number of carbonyl (C=O) groups is 1. The van der Waals surface area contributed by atoms with E-state index in [0.29, 0.717) is 0 Å². The number of carbonyl (C=O) groups excluding carboxylic acids is 1. The van der Waals surface area contributed by atoms with E-state index >= 15 is 0 Å². The normalized spacial score (nSPS) is 29.7. The number of azide groups is 1. The Morgan fingerprint density at radius 1 is 1.72 bits per heavy atom. The maximum absolute atomic E-state index is 14.4. The summed E-state index contributed by atoms with van der Waals surface area (Å²) < 4.78 is 20.2. The molecule has 1 aliphatic rings. The van der Waals surface area contributed by atoms with Crippen LogP contribution in [0.25, 0.3) is 10.4 Å². The number of alkyl halides is 1. The quantitative estimate of drug-likeness (QED) is 0.363. The van der Waals surface area contributed by atoms with E-state index < -0.39 is 42.6 Å². The molecule has 3 N–H and O–H groups in total. The van der Waals surface area contributed by atoms with Gasteiger partial charge in [0.1, 0.15) is 11.9 Å². The number of nitrogens with zero attached hydrogens (tertiary/aromatic N) is 5. The minimum absolute atomic E-state index is 0.0985. The molecule has 1 aromatic heterocycles. The molecular formula is C13H17FN6O5. The van der Waals surface area contributed by atoms with Crippen LogP contribution in [0, 0.1) is 0 Å². The van der Waals surface area contributed by atoms with E-state index in [1.165, 1.54) is 13.0 Å². The monoisotopic (exact) mass is 356 g/mol. The molecule has 1 aliphatic heterocycles. The summed E-state index contributed by atoms with van der Waals surface area (Å²) in [5.74, 6) is -0.0690. The number of halogens is 1. The van der Waals surface area contributed by atoms with Crippen molar-refractivity contribution in [2.75, 3.05) is 11.9 Å². The topological polar surface area (TPSA) is 162 Å². The second kappa shape index (κ2) is 7.15. The summed E-state index contributed by atoms with van der Waals surface area (Å²) >= 11 is 0. The molecule has 0 saturated carbocycles. The summed E-state index contributed by atoms with van der Waals surface area (Å²) in [6, 6.07) is 0.740. The molecule has 0 aliphatic carbocycles. The van der Waals surface area contributed by atoms with Gasteiger partial charge in [-0.1, -0.05) is 5.11 Å². The fraction of sp³-hybridized carbons (Fsp3) is 0.615.